The first-order valence-corrected chi connectivity index (χ1v) is 9.76. The fraction of sp³-hybridized carbons (Fsp3) is 0.278. The lowest BCUT2D eigenvalue weighted by Crippen LogP contribution is -2.32. The number of benzene rings is 2. The lowest BCUT2D eigenvalue weighted by Gasteiger charge is -2.25. The van der Waals surface area contributed by atoms with Crippen molar-refractivity contribution in [2.45, 2.75) is 11.8 Å². The highest BCUT2D eigenvalue weighted by molar-refractivity contribution is 7.92. The van der Waals surface area contributed by atoms with E-state index in [1.54, 1.807) is 6.92 Å². The van der Waals surface area contributed by atoms with E-state index in [4.69, 9.17) is 14.2 Å². The van der Waals surface area contributed by atoms with Crippen molar-refractivity contribution in [1.82, 2.24) is 0 Å². The Morgan fingerprint density at radius 3 is 2.07 bits per heavy atom. The van der Waals surface area contributed by atoms with Crippen LogP contribution in [0.2, 0.25) is 0 Å². The molecule has 0 heterocycles. The van der Waals surface area contributed by atoms with E-state index in [0.717, 1.165) is 28.6 Å². The van der Waals surface area contributed by atoms with E-state index < -0.39 is 20.9 Å². The van der Waals surface area contributed by atoms with Crippen LogP contribution in [0.25, 0.3) is 0 Å². The van der Waals surface area contributed by atoms with Crippen molar-refractivity contribution in [3.8, 4) is 11.5 Å². The number of hydrogen-bond acceptors (Lipinski definition) is 8. The summed E-state index contributed by atoms with van der Waals surface area (Å²) in [5, 5.41) is 10.8. The predicted molar refractivity (Wildman–Crippen MR) is 104 cm³/mol. The van der Waals surface area contributed by atoms with E-state index in [0.29, 0.717) is 0 Å². The molecule has 0 saturated heterocycles. The quantitative estimate of drug-likeness (QED) is 0.360. The molecule has 0 amide bonds. The van der Waals surface area contributed by atoms with Gasteiger partial charge in [-0.1, -0.05) is 0 Å². The SMILES string of the molecule is CCN(c1cc(OC)c(OC)cc1C(=O)OC)S(=O)(=O)c1ccc([N+](=O)[O-])cc1. The second-order valence-electron chi connectivity index (χ2n) is 5.64. The van der Waals surface area contributed by atoms with Crippen LogP contribution >= 0.6 is 0 Å². The minimum absolute atomic E-state index is 0.0235. The molecule has 2 aromatic carbocycles. The maximum absolute atomic E-state index is 13.2. The summed E-state index contributed by atoms with van der Waals surface area (Å²) in [6.07, 6.45) is 0. The molecule has 0 aliphatic carbocycles. The Labute approximate surface area is 167 Å². The van der Waals surface area contributed by atoms with Crippen LogP contribution in [0.15, 0.2) is 41.3 Å². The summed E-state index contributed by atoms with van der Waals surface area (Å²) in [7, 11) is -0.224. The standard InChI is InChI=1S/C18H20N2O8S/c1-5-19(29(24,25)13-8-6-12(7-9-13)20(22)23)15-11-17(27-3)16(26-2)10-14(15)18(21)28-4/h6-11H,5H2,1-4H3. The lowest BCUT2D eigenvalue weighted by molar-refractivity contribution is -0.384. The van der Waals surface area contributed by atoms with Gasteiger partial charge in [0.1, 0.15) is 0 Å². The van der Waals surface area contributed by atoms with Crippen LogP contribution in [0.3, 0.4) is 0 Å². The summed E-state index contributed by atoms with van der Waals surface area (Å²) in [5.41, 5.74) is -0.263. The summed E-state index contributed by atoms with van der Waals surface area (Å²) >= 11 is 0. The Kier molecular flexibility index (Phi) is 6.64. The molecule has 2 aromatic rings. The zero-order chi connectivity index (χ0) is 21.8. The van der Waals surface area contributed by atoms with Gasteiger partial charge in [-0.25, -0.2) is 13.2 Å². The van der Waals surface area contributed by atoms with Crippen LogP contribution in [-0.2, 0) is 14.8 Å². The van der Waals surface area contributed by atoms with Gasteiger partial charge in [0.05, 0.1) is 42.4 Å². The summed E-state index contributed by atoms with van der Waals surface area (Å²) in [6.45, 7) is 1.56. The topological polar surface area (TPSA) is 125 Å². The third kappa shape index (κ3) is 4.24. The molecule has 10 nitrogen and oxygen atoms in total. The highest BCUT2D eigenvalue weighted by atomic mass is 32.2. The smallest absolute Gasteiger partial charge is 0.340 e. The molecule has 0 aliphatic heterocycles. The maximum atomic E-state index is 13.2. The summed E-state index contributed by atoms with van der Waals surface area (Å²) in [4.78, 5) is 22.3. The van der Waals surface area contributed by atoms with E-state index in [1.165, 1.54) is 33.5 Å². The zero-order valence-corrected chi connectivity index (χ0v) is 17.1. The molecule has 0 aliphatic rings. The molecule has 0 bridgehead atoms. The summed E-state index contributed by atoms with van der Waals surface area (Å²) < 4.78 is 42.6. The van der Waals surface area contributed by atoms with Crippen LogP contribution in [0, 0.1) is 10.1 Å². The molecule has 0 fully saturated rings. The van der Waals surface area contributed by atoms with E-state index >= 15 is 0 Å². The Hall–Kier alpha value is -3.34. The van der Waals surface area contributed by atoms with Crippen molar-refractivity contribution in [2.75, 3.05) is 32.2 Å². The molecule has 0 spiro atoms. The van der Waals surface area contributed by atoms with Crippen LogP contribution in [0.4, 0.5) is 11.4 Å². The first-order chi connectivity index (χ1) is 13.7. The molecule has 0 saturated carbocycles. The Bertz CT molecular complexity index is 1020. The fourth-order valence-electron chi connectivity index (χ4n) is 2.68. The first-order valence-electron chi connectivity index (χ1n) is 8.32. The average molecular weight is 424 g/mol. The van der Waals surface area contributed by atoms with Crippen LogP contribution in [0.5, 0.6) is 11.5 Å². The van der Waals surface area contributed by atoms with Crippen molar-refractivity contribution in [2.24, 2.45) is 0 Å². The zero-order valence-electron chi connectivity index (χ0n) is 16.2. The number of hydrogen-bond donors (Lipinski definition) is 0. The van der Waals surface area contributed by atoms with Gasteiger partial charge in [0.2, 0.25) is 0 Å². The molecule has 0 atom stereocenters. The monoisotopic (exact) mass is 424 g/mol. The molecule has 0 aromatic heterocycles. The molecule has 156 valence electrons. The number of esters is 1. The van der Waals surface area contributed by atoms with E-state index in [1.807, 2.05) is 0 Å². The highest BCUT2D eigenvalue weighted by Gasteiger charge is 2.30. The number of non-ortho nitro benzene ring substituents is 1. The number of ether oxygens (including phenoxy) is 3. The molecule has 0 radical (unpaired) electrons. The van der Waals surface area contributed by atoms with Gasteiger partial charge >= 0.3 is 5.97 Å². The number of nitro benzene ring substituents is 1. The molecular weight excluding hydrogens is 404 g/mol. The molecule has 29 heavy (non-hydrogen) atoms. The second-order valence-corrected chi connectivity index (χ2v) is 7.50. The van der Waals surface area contributed by atoms with Gasteiger partial charge in [0, 0.05) is 30.8 Å². The summed E-state index contributed by atoms with van der Waals surface area (Å²) in [6, 6.07) is 7.14. The van der Waals surface area contributed by atoms with Gasteiger partial charge in [-0.05, 0) is 19.1 Å². The van der Waals surface area contributed by atoms with Crippen molar-refractivity contribution in [3.63, 3.8) is 0 Å². The van der Waals surface area contributed by atoms with Crippen molar-refractivity contribution >= 4 is 27.4 Å². The lowest BCUT2D eigenvalue weighted by atomic mass is 10.1. The van der Waals surface area contributed by atoms with E-state index in [9.17, 15) is 23.3 Å². The number of anilines is 1. The van der Waals surface area contributed by atoms with Gasteiger partial charge in [-0.15, -0.1) is 0 Å². The number of carbonyl (C=O) groups excluding carboxylic acids is 1. The number of nitrogens with zero attached hydrogens (tertiary/aromatic N) is 2. The molecule has 11 heteroatoms. The van der Waals surface area contributed by atoms with Gasteiger partial charge in [0.15, 0.2) is 11.5 Å². The third-order valence-corrected chi connectivity index (χ3v) is 6.00. The van der Waals surface area contributed by atoms with Crippen molar-refractivity contribution in [1.29, 1.82) is 0 Å². The van der Waals surface area contributed by atoms with E-state index in [2.05, 4.69) is 0 Å². The fourth-order valence-corrected chi connectivity index (χ4v) is 4.17. The van der Waals surface area contributed by atoms with Gasteiger partial charge in [-0.3, -0.25) is 14.4 Å². The largest absolute Gasteiger partial charge is 0.493 e. The maximum Gasteiger partial charge on any atom is 0.340 e. The number of nitro groups is 1. The molecule has 0 N–H and O–H groups in total. The van der Waals surface area contributed by atoms with Gasteiger partial charge in [0.25, 0.3) is 15.7 Å². The van der Waals surface area contributed by atoms with Gasteiger partial charge < -0.3 is 14.2 Å². The molecular formula is C18H20N2O8S. The summed E-state index contributed by atoms with van der Waals surface area (Å²) in [5.74, 6) is -0.328. The highest BCUT2D eigenvalue weighted by Crippen LogP contribution is 2.37. The first kappa shape index (κ1) is 22.0. The second kappa shape index (κ2) is 8.78. The molecule has 2 rings (SSSR count). The molecule has 0 unspecified atom stereocenters. The third-order valence-electron chi connectivity index (χ3n) is 4.10. The Morgan fingerprint density at radius 2 is 1.62 bits per heavy atom. The predicted octanol–water partition coefficient (Wildman–Crippen LogP) is 2.61. The number of carbonyl (C=O) groups is 1. The normalized spacial score (nSPS) is 10.9. The number of methoxy groups -OCH3 is 3. The van der Waals surface area contributed by atoms with Crippen LogP contribution < -0.4 is 13.8 Å². The average Bonchev–Trinajstić information content (AvgIpc) is 2.73. The van der Waals surface area contributed by atoms with E-state index in [-0.39, 0.29) is 39.9 Å². The Morgan fingerprint density at radius 1 is 1.07 bits per heavy atom. The Balaban J connectivity index is 2.68. The van der Waals surface area contributed by atoms with Crippen LogP contribution in [-0.4, -0.2) is 47.2 Å². The minimum atomic E-state index is -4.15. The minimum Gasteiger partial charge on any atom is -0.493 e. The number of sulfonamides is 1. The van der Waals surface area contributed by atoms with Crippen LogP contribution in [0.1, 0.15) is 17.3 Å². The van der Waals surface area contributed by atoms with Crippen molar-refractivity contribution < 1.29 is 32.3 Å². The van der Waals surface area contributed by atoms with Crippen molar-refractivity contribution in [3.05, 3.63) is 52.1 Å². The van der Waals surface area contributed by atoms with Gasteiger partial charge in [-0.2, -0.15) is 0 Å². The number of rotatable bonds is 8.